The SMILES string of the molecule is CN(Cc1nc2ccccc2c(=O)[nH]1)[C@@H]1CC(=O)N(c2ccccc2)C1=O. The first-order valence-electron chi connectivity index (χ1n) is 8.64. The fraction of sp³-hybridized carbons (Fsp3) is 0.200. The van der Waals surface area contributed by atoms with Crippen molar-refractivity contribution in [3.63, 3.8) is 0 Å². The number of para-hydroxylation sites is 2. The van der Waals surface area contributed by atoms with Gasteiger partial charge in [-0.05, 0) is 31.3 Å². The van der Waals surface area contributed by atoms with Crippen molar-refractivity contribution < 1.29 is 9.59 Å². The van der Waals surface area contributed by atoms with E-state index in [2.05, 4.69) is 9.97 Å². The van der Waals surface area contributed by atoms with Crippen LogP contribution in [0.5, 0.6) is 0 Å². The standard InChI is InChI=1S/C20H18N4O3/c1-23(12-17-21-15-10-6-5-9-14(15)19(26)22-17)16-11-18(25)24(20(16)27)13-7-3-2-4-8-13/h2-10,16H,11-12H2,1H3,(H,21,22,26)/t16-/m1/s1. The van der Waals surface area contributed by atoms with E-state index in [1.54, 1.807) is 54.4 Å². The van der Waals surface area contributed by atoms with E-state index < -0.39 is 6.04 Å². The van der Waals surface area contributed by atoms with Gasteiger partial charge in [-0.2, -0.15) is 0 Å². The first-order chi connectivity index (χ1) is 13.0. The Labute approximate surface area is 155 Å². The number of hydrogen-bond donors (Lipinski definition) is 1. The van der Waals surface area contributed by atoms with Gasteiger partial charge >= 0.3 is 0 Å². The third kappa shape index (κ3) is 3.13. The van der Waals surface area contributed by atoms with Crippen LogP contribution in [-0.2, 0) is 16.1 Å². The molecular weight excluding hydrogens is 344 g/mol. The maximum Gasteiger partial charge on any atom is 0.258 e. The number of anilines is 1. The Kier molecular flexibility index (Phi) is 4.29. The summed E-state index contributed by atoms with van der Waals surface area (Å²) in [4.78, 5) is 47.6. The molecule has 2 aromatic carbocycles. The van der Waals surface area contributed by atoms with Gasteiger partial charge in [0.25, 0.3) is 11.5 Å². The van der Waals surface area contributed by atoms with Crippen LogP contribution in [-0.4, -0.2) is 39.8 Å². The fourth-order valence-corrected chi connectivity index (χ4v) is 3.36. The Morgan fingerprint density at radius 3 is 2.56 bits per heavy atom. The molecule has 1 aromatic heterocycles. The number of amides is 2. The van der Waals surface area contributed by atoms with Crippen LogP contribution in [0.1, 0.15) is 12.2 Å². The van der Waals surface area contributed by atoms with Gasteiger partial charge in [-0.15, -0.1) is 0 Å². The lowest BCUT2D eigenvalue weighted by atomic mass is 10.2. The van der Waals surface area contributed by atoms with E-state index in [4.69, 9.17) is 0 Å². The second kappa shape index (κ2) is 6.77. The van der Waals surface area contributed by atoms with Crippen molar-refractivity contribution >= 4 is 28.4 Å². The summed E-state index contributed by atoms with van der Waals surface area (Å²) in [5.41, 5.74) is 0.953. The number of aromatic amines is 1. The predicted octanol–water partition coefficient (Wildman–Crippen LogP) is 1.69. The van der Waals surface area contributed by atoms with Crippen LogP contribution in [0.25, 0.3) is 10.9 Å². The molecule has 7 heteroatoms. The van der Waals surface area contributed by atoms with Crippen LogP contribution in [0.2, 0.25) is 0 Å². The van der Waals surface area contributed by atoms with E-state index in [9.17, 15) is 14.4 Å². The lowest BCUT2D eigenvalue weighted by Gasteiger charge is -2.22. The molecule has 2 heterocycles. The van der Waals surface area contributed by atoms with Gasteiger partial charge in [0.2, 0.25) is 5.91 Å². The number of rotatable bonds is 4. The maximum absolute atomic E-state index is 12.8. The van der Waals surface area contributed by atoms with Gasteiger partial charge in [-0.3, -0.25) is 19.3 Å². The summed E-state index contributed by atoms with van der Waals surface area (Å²) in [6, 6.07) is 15.4. The Hall–Kier alpha value is -3.32. The van der Waals surface area contributed by atoms with E-state index in [0.29, 0.717) is 22.4 Å². The summed E-state index contributed by atoms with van der Waals surface area (Å²) in [6.07, 6.45) is 0.0992. The number of nitrogens with one attached hydrogen (secondary N) is 1. The zero-order chi connectivity index (χ0) is 19.0. The van der Waals surface area contributed by atoms with Crippen LogP contribution in [0.4, 0.5) is 5.69 Å². The minimum atomic E-state index is -0.588. The smallest absolute Gasteiger partial charge is 0.258 e. The molecule has 4 rings (SSSR count). The molecule has 1 N–H and O–H groups in total. The number of likely N-dealkylation sites (N-methyl/N-ethyl adjacent to an activating group) is 1. The molecule has 0 radical (unpaired) electrons. The third-order valence-corrected chi connectivity index (χ3v) is 4.73. The summed E-state index contributed by atoms with van der Waals surface area (Å²) in [6.45, 7) is 0.256. The number of nitrogens with zero attached hydrogens (tertiary/aromatic N) is 3. The lowest BCUT2D eigenvalue weighted by Crippen LogP contribution is -2.40. The van der Waals surface area contributed by atoms with E-state index in [1.165, 1.54) is 4.90 Å². The highest BCUT2D eigenvalue weighted by molar-refractivity contribution is 6.22. The van der Waals surface area contributed by atoms with Gasteiger partial charge in [0, 0.05) is 0 Å². The highest BCUT2D eigenvalue weighted by Crippen LogP contribution is 2.25. The molecule has 1 saturated heterocycles. The molecule has 3 aromatic rings. The van der Waals surface area contributed by atoms with Gasteiger partial charge in [0.1, 0.15) is 5.82 Å². The van der Waals surface area contributed by atoms with Crippen molar-refractivity contribution in [3.8, 4) is 0 Å². The van der Waals surface area contributed by atoms with Crippen LogP contribution in [0, 0.1) is 0 Å². The second-order valence-corrected chi connectivity index (χ2v) is 6.57. The molecule has 1 aliphatic heterocycles. The Balaban J connectivity index is 1.57. The average molecular weight is 362 g/mol. The van der Waals surface area contributed by atoms with Crippen molar-refractivity contribution in [1.29, 1.82) is 0 Å². The van der Waals surface area contributed by atoms with E-state index in [0.717, 1.165) is 0 Å². The molecule has 0 unspecified atom stereocenters. The highest BCUT2D eigenvalue weighted by atomic mass is 16.2. The summed E-state index contributed by atoms with van der Waals surface area (Å²) >= 11 is 0. The van der Waals surface area contributed by atoms with E-state index in [1.807, 2.05) is 12.1 Å². The van der Waals surface area contributed by atoms with Crippen LogP contribution in [0.3, 0.4) is 0 Å². The van der Waals surface area contributed by atoms with Crippen molar-refractivity contribution in [2.24, 2.45) is 0 Å². The molecule has 1 atom stereocenters. The van der Waals surface area contributed by atoms with Gasteiger partial charge < -0.3 is 4.98 Å². The lowest BCUT2D eigenvalue weighted by molar-refractivity contribution is -0.122. The van der Waals surface area contributed by atoms with Crippen LogP contribution < -0.4 is 10.5 Å². The molecule has 0 spiro atoms. The Morgan fingerprint density at radius 2 is 1.78 bits per heavy atom. The zero-order valence-electron chi connectivity index (χ0n) is 14.8. The number of carbonyl (C=O) groups is 2. The minimum Gasteiger partial charge on any atom is -0.309 e. The number of benzene rings is 2. The molecule has 1 fully saturated rings. The molecule has 0 saturated carbocycles. The molecular formula is C20H18N4O3. The monoisotopic (exact) mass is 362 g/mol. The van der Waals surface area contributed by atoms with Crippen LogP contribution >= 0.6 is 0 Å². The fourth-order valence-electron chi connectivity index (χ4n) is 3.36. The van der Waals surface area contributed by atoms with Crippen molar-refractivity contribution in [2.45, 2.75) is 19.0 Å². The second-order valence-electron chi connectivity index (χ2n) is 6.57. The number of aromatic nitrogens is 2. The molecule has 136 valence electrons. The third-order valence-electron chi connectivity index (χ3n) is 4.73. The van der Waals surface area contributed by atoms with E-state index >= 15 is 0 Å². The highest BCUT2D eigenvalue weighted by Gasteiger charge is 2.41. The number of H-pyrrole nitrogens is 1. The number of hydrogen-bond acceptors (Lipinski definition) is 5. The zero-order valence-corrected chi connectivity index (χ0v) is 14.8. The maximum atomic E-state index is 12.8. The molecule has 2 amide bonds. The van der Waals surface area contributed by atoms with E-state index in [-0.39, 0.29) is 30.3 Å². The Bertz CT molecular complexity index is 1080. The largest absolute Gasteiger partial charge is 0.309 e. The van der Waals surface area contributed by atoms with Gasteiger partial charge in [0.15, 0.2) is 0 Å². The van der Waals surface area contributed by atoms with Crippen molar-refractivity contribution in [2.75, 3.05) is 11.9 Å². The Morgan fingerprint density at radius 1 is 1.07 bits per heavy atom. The molecule has 0 aliphatic carbocycles. The van der Waals surface area contributed by atoms with Crippen molar-refractivity contribution in [1.82, 2.24) is 14.9 Å². The van der Waals surface area contributed by atoms with Gasteiger partial charge in [0.05, 0.1) is 35.6 Å². The summed E-state index contributed by atoms with van der Waals surface area (Å²) in [5, 5.41) is 0.520. The first-order valence-corrected chi connectivity index (χ1v) is 8.64. The van der Waals surface area contributed by atoms with Gasteiger partial charge in [-0.25, -0.2) is 9.88 Å². The number of imide groups is 1. The first kappa shape index (κ1) is 17.1. The summed E-state index contributed by atoms with van der Waals surface area (Å²) < 4.78 is 0. The number of fused-ring (bicyclic) bond motifs is 1. The molecule has 27 heavy (non-hydrogen) atoms. The summed E-state index contributed by atoms with van der Waals surface area (Å²) in [7, 11) is 1.75. The quantitative estimate of drug-likeness (QED) is 0.714. The average Bonchev–Trinajstić information content (AvgIpc) is 2.97. The minimum absolute atomic E-state index is 0.0992. The van der Waals surface area contributed by atoms with Crippen LogP contribution in [0.15, 0.2) is 59.4 Å². The molecule has 7 nitrogen and oxygen atoms in total. The van der Waals surface area contributed by atoms with Gasteiger partial charge in [-0.1, -0.05) is 30.3 Å². The van der Waals surface area contributed by atoms with Crippen molar-refractivity contribution in [3.05, 3.63) is 70.8 Å². The number of carbonyl (C=O) groups excluding carboxylic acids is 2. The summed E-state index contributed by atoms with van der Waals surface area (Å²) in [5.74, 6) is -0.0422. The molecule has 1 aliphatic rings. The topological polar surface area (TPSA) is 86.4 Å². The predicted molar refractivity (Wildman–Crippen MR) is 101 cm³/mol. The molecule has 0 bridgehead atoms. The normalized spacial score (nSPS) is 17.3.